The van der Waals surface area contributed by atoms with Crippen LogP contribution in [0.1, 0.15) is 5.56 Å². The summed E-state index contributed by atoms with van der Waals surface area (Å²) in [5.74, 6) is -1.24. The summed E-state index contributed by atoms with van der Waals surface area (Å²) < 4.78 is 42.6. The molecular formula is C24H25N5O7S. The van der Waals surface area contributed by atoms with E-state index in [1.165, 1.54) is 51.7 Å². The number of hydrogen-bond donors (Lipinski definition) is 3. The highest BCUT2D eigenvalue weighted by atomic mass is 32.2. The molecule has 1 aromatic heterocycles. The van der Waals surface area contributed by atoms with E-state index in [-0.39, 0.29) is 34.8 Å². The molecule has 0 spiro atoms. The minimum Gasteiger partial charge on any atom is -0.481 e. The van der Waals surface area contributed by atoms with Gasteiger partial charge in [0.15, 0.2) is 5.82 Å². The van der Waals surface area contributed by atoms with Gasteiger partial charge in [0.2, 0.25) is 5.88 Å². The van der Waals surface area contributed by atoms with Crippen molar-refractivity contribution >= 4 is 33.4 Å². The van der Waals surface area contributed by atoms with Crippen LogP contribution in [-0.2, 0) is 30.9 Å². The van der Waals surface area contributed by atoms with Gasteiger partial charge in [-0.2, -0.15) is 9.97 Å². The summed E-state index contributed by atoms with van der Waals surface area (Å²) in [5, 5.41) is 5.53. The third-order valence-corrected chi connectivity index (χ3v) is 6.13. The van der Waals surface area contributed by atoms with Gasteiger partial charge in [0.05, 0.1) is 32.3 Å². The Balaban J connectivity index is 1.75. The number of nitrogens with zero attached hydrogens (tertiary/aromatic N) is 2. The number of carbonyl (C=O) groups is 2. The second-order valence-electron chi connectivity index (χ2n) is 7.29. The average Bonchev–Trinajstić information content (AvgIpc) is 2.91. The zero-order valence-electron chi connectivity index (χ0n) is 20.2. The second kappa shape index (κ2) is 12.4. The Morgan fingerprint density at radius 1 is 0.946 bits per heavy atom. The first-order valence-electron chi connectivity index (χ1n) is 10.7. The number of methoxy groups -OCH3 is 3. The van der Waals surface area contributed by atoms with Crippen molar-refractivity contribution in [2.45, 2.75) is 11.4 Å². The first-order valence-corrected chi connectivity index (χ1v) is 12.2. The van der Waals surface area contributed by atoms with Gasteiger partial charge in [0.25, 0.3) is 15.9 Å². The number of rotatable bonds is 11. The summed E-state index contributed by atoms with van der Waals surface area (Å²) in [6.07, 6.45) is 1.00. The van der Waals surface area contributed by atoms with Crippen molar-refractivity contribution in [3.05, 3.63) is 78.0 Å². The van der Waals surface area contributed by atoms with Crippen LogP contribution in [0.25, 0.3) is 0 Å². The van der Waals surface area contributed by atoms with Gasteiger partial charge in [-0.25, -0.2) is 13.2 Å². The van der Waals surface area contributed by atoms with Crippen molar-refractivity contribution in [1.29, 1.82) is 0 Å². The van der Waals surface area contributed by atoms with Gasteiger partial charge >= 0.3 is 12.0 Å². The van der Waals surface area contributed by atoms with Crippen LogP contribution in [0.2, 0.25) is 0 Å². The van der Waals surface area contributed by atoms with Crippen LogP contribution < -0.4 is 24.8 Å². The molecule has 0 aliphatic carbocycles. The lowest BCUT2D eigenvalue weighted by Crippen LogP contribution is -2.28. The van der Waals surface area contributed by atoms with Crippen LogP contribution in [0.5, 0.6) is 11.9 Å². The molecule has 0 unspecified atom stereocenters. The van der Waals surface area contributed by atoms with Gasteiger partial charge in [-0.05, 0) is 29.8 Å². The van der Waals surface area contributed by atoms with Crippen LogP contribution in [0.3, 0.4) is 0 Å². The third kappa shape index (κ3) is 7.67. The Hall–Kier alpha value is -4.65. The van der Waals surface area contributed by atoms with E-state index in [2.05, 4.69) is 30.1 Å². The fraction of sp³-hybridized carbons (Fsp3) is 0.167. The molecule has 3 aromatic rings. The molecule has 0 aliphatic rings. The maximum absolute atomic E-state index is 12.8. The molecule has 37 heavy (non-hydrogen) atoms. The summed E-state index contributed by atoms with van der Waals surface area (Å²) in [5.41, 5.74) is 1.14. The zero-order chi connectivity index (χ0) is 26.8. The topological polar surface area (TPSA) is 158 Å². The van der Waals surface area contributed by atoms with Gasteiger partial charge in [-0.1, -0.05) is 30.3 Å². The zero-order valence-corrected chi connectivity index (χ0v) is 21.0. The van der Waals surface area contributed by atoms with Crippen molar-refractivity contribution in [2.75, 3.05) is 31.4 Å². The predicted octanol–water partition coefficient (Wildman–Crippen LogP) is 2.08. The van der Waals surface area contributed by atoms with Crippen LogP contribution in [0.15, 0.2) is 77.3 Å². The predicted molar refractivity (Wildman–Crippen MR) is 134 cm³/mol. The van der Waals surface area contributed by atoms with Crippen molar-refractivity contribution in [2.24, 2.45) is 0 Å². The van der Waals surface area contributed by atoms with E-state index in [1.807, 2.05) is 30.3 Å². The Morgan fingerprint density at radius 3 is 2.27 bits per heavy atom. The summed E-state index contributed by atoms with van der Waals surface area (Å²) in [6.45, 7) is 0.237. The van der Waals surface area contributed by atoms with E-state index in [0.717, 1.165) is 11.6 Å². The van der Waals surface area contributed by atoms with Crippen molar-refractivity contribution in [3.8, 4) is 11.9 Å². The number of esters is 1. The van der Waals surface area contributed by atoms with E-state index in [4.69, 9.17) is 9.47 Å². The first kappa shape index (κ1) is 26.9. The Labute approximate surface area is 213 Å². The van der Waals surface area contributed by atoms with Crippen molar-refractivity contribution < 1.29 is 32.2 Å². The number of hydrogen-bond acceptors (Lipinski definition) is 10. The number of carbonyl (C=O) groups excluding carboxylic acids is 2. The molecule has 0 atom stereocenters. The minimum absolute atomic E-state index is 0.0516. The normalized spacial score (nSPS) is 11.3. The number of benzene rings is 2. The van der Waals surface area contributed by atoms with E-state index < -0.39 is 21.9 Å². The SMILES string of the molecule is COC(=O)/C=C(\Nc1ccc(S(=O)(=O)Nc2cc(OC)nc(OC)n2)cc1)C(=O)NCc1ccccc1. The highest BCUT2D eigenvalue weighted by molar-refractivity contribution is 7.92. The monoisotopic (exact) mass is 527 g/mol. The second-order valence-corrected chi connectivity index (χ2v) is 8.97. The molecule has 0 bridgehead atoms. The molecular weight excluding hydrogens is 502 g/mol. The molecule has 0 fully saturated rings. The van der Waals surface area contributed by atoms with Crippen LogP contribution in [0.4, 0.5) is 11.5 Å². The number of sulfonamides is 1. The third-order valence-electron chi connectivity index (χ3n) is 4.76. The van der Waals surface area contributed by atoms with Crippen LogP contribution in [-0.4, -0.2) is 51.6 Å². The largest absolute Gasteiger partial charge is 0.481 e. The lowest BCUT2D eigenvalue weighted by Gasteiger charge is -2.13. The van der Waals surface area contributed by atoms with Crippen molar-refractivity contribution in [1.82, 2.24) is 15.3 Å². The fourth-order valence-electron chi connectivity index (χ4n) is 2.93. The van der Waals surface area contributed by atoms with E-state index in [0.29, 0.717) is 5.69 Å². The Morgan fingerprint density at radius 2 is 1.65 bits per heavy atom. The molecule has 0 saturated carbocycles. The van der Waals surface area contributed by atoms with E-state index in [1.54, 1.807) is 0 Å². The molecule has 3 N–H and O–H groups in total. The van der Waals surface area contributed by atoms with Gasteiger partial charge in [0, 0.05) is 18.3 Å². The van der Waals surface area contributed by atoms with Gasteiger partial charge in [-0.3, -0.25) is 9.52 Å². The standard InChI is InChI=1S/C24H25N5O7S/c1-34-21-14-20(27-24(28-21)36-3)29-37(32,33)18-11-9-17(10-12-18)26-19(13-22(30)35-2)23(31)25-15-16-7-5-4-6-8-16/h4-14,26H,15H2,1-3H3,(H,25,31)(H,27,28,29)/b19-13-. The number of ether oxygens (including phenoxy) is 3. The van der Waals surface area contributed by atoms with Gasteiger partial charge in [0.1, 0.15) is 5.70 Å². The molecule has 194 valence electrons. The quantitative estimate of drug-likeness (QED) is 0.249. The summed E-state index contributed by atoms with van der Waals surface area (Å²) in [4.78, 5) is 32.3. The van der Waals surface area contributed by atoms with Crippen LogP contribution in [0, 0.1) is 0 Å². The average molecular weight is 528 g/mol. The molecule has 3 rings (SSSR count). The molecule has 1 amide bonds. The molecule has 2 aromatic carbocycles. The number of amides is 1. The van der Waals surface area contributed by atoms with Gasteiger partial charge < -0.3 is 24.8 Å². The number of nitrogens with one attached hydrogen (secondary N) is 3. The van der Waals surface area contributed by atoms with E-state index >= 15 is 0 Å². The molecule has 0 radical (unpaired) electrons. The lowest BCUT2D eigenvalue weighted by atomic mass is 10.2. The maximum Gasteiger partial charge on any atom is 0.332 e. The highest BCUT2D eigenvalue weighted by Crippen LogP contribution is 2.22. The number of aromatic nitrogens is 2. The lowest BCUT2D eigenvalue weighted by molar-refractivity contribution is -0.135. The summed E-state index contributed by atoms with van der Waals surface area (Å²) >= 11 is 0. The Kier molecular flexibility index (Phi) is 9.00. The molecule has 0 saturated heterocycles. The van der Waals surface area contributed by atoms with E-state index in [9.17, 15) is 18.0 Å². The molecule has 0 aliphatic heterocycles. The van der Waals surface area contributed by atoms with Crippen LogP contribution >= 0.6 is 0 Å². The smallest absolute Gasteiger partial charge is 0.332 e. The van der Waals surface area contributed by atoms with Crippen molar-refractivity contribution in [3.63, 3.8) is 0 Å². The number of anilines is 2. The Bertz CT molecular complexity index is 1360. The molecule has 13 heteroatoms. The minimum atomic E-state index is -4.03. The van der Waals surface area contributed by atoms with Gasteiger partial charge in [-0.15, -0.1) is 0 Å². The maximum atomic E-state index is 12.8. The first-order chi connectivity index (χ1) is 17.7. The summed E-state index contributed by atoms with van der Waals surface area (Å²) in [7, 11) is -0.137. The highest BCUT2D eigenvalue weighted by Gasteiger charge is 2.18. The molecule has 12 nitrogen and oxygen atoms in total. The fourth-order valence-corrected chi connectivity index (χ4v) is 3.92. The molecule has 1 heterocycles. The summed E-state index contributed by atoms with van der Waals surface area (Å²) in [6, 6.07) is 16.0.